The predicted octanol–water partition coefficient (Wildman–Crippen LogP) is 4.37. The summed E-state index contributed by atoms with van der Waals surface area (Å²) in [4.78, 5) is 25.7. The zero-order chi connectivity index (χ0) is 21.5. The number of carbonyl (C=O) groups is 2. The van der Waals surface area contributed by atoms with Crippen LogP contribution in [0.2, 0.25) is 0 Å². The van der Waals surface area contributed by atoms with Crippen molar-refractivity contribution in [3.8, 4) is 0 Å². The minimum Gasteiger partial charge on any atom is -0.478 e. The molecular weight excluding hydrogens is 376 g/mol. The highest BCUT2D eigenvalue weighted by Gasteiger charge is 2.18. The van der Waals surface area contributed by atoms with Crippen LogP contribution in [0.4, 0.5) is 5.69 Å². The Balaban J connectivity index is 1.98. The summed E-state index contributed by atoms with van der Waals surface area (Å²) in [5.41, 5.74) is 4.19. The van der Waals surface area contributed by atoms with Crippen LogP contribution >= 0.6 is 0 Å². The van der Waals surface area contributed by atoms with E-state index in [1.165, 1.54) is 6.08 Å². The lowest BCUT2D eigenvalue weighted by molar-refractivity contribution is -0.131. The third-order valence-electron chi connectivity index (χ3n) is 4.72. The lowest BCUT2D eigenvalue weighted by Gasteiger charge is -2.22. The van der Waals surface area contributed by atoms with Gasteiger partial charge in [-0.05, 0) is 53.1 Å². The van der Waals surface area contributed by atoms with Crippen molar-refractivity contribution in [2.75, 3.05) is 19.0 Å². The number of benzene rings is 3. The Hall–Kier alpha value is -3.86. The second-order valence-corrected chi connectivity index (χ2v) is 7.10. The van der Waals surface area contributed by atoms with Gasteiger partial charge in [0, 0.05) is 31.4 Å². The highest BCUT2D eigenvalue weighted by Crippen LogP contribution is 2.26. The Kier molecular flexibility index (Phi) is 6.65. The Labute approximate surface area is 176 Å². The zero-order valence-corrected chi connectivity index (χ0v) is 16.9. The van der Waals surface area contributed by atoms with E-state index in [1.54, 1.807) is 12.1 Å². The van der Waals surface area contributed by atoms with Gasteiger partial charge in [0.05, 0.1) is 6.04 Å². The van der Waals surface area contributed by atoms with Crippen molar-refractivity contribution >= 4 is 23.6 Å². The van der Waals surface area contributed by atoms with Gasteiger partial charge in [-0.25, -0.2) is 4.79 Å². The maximum atomic E-state index is 12.9. The zero-order valence-electron chi connectivity index (χ0n) is 16.9. The van der Waals surface area contributed by atoms with Gasteiger partial charge in [0.15, 0.2) is 0 Å². The molecule has 1 atom stereocenters. The van der Waals surface area contributed by atoms with Gasteiger partial charge in [-0.3, -0.25) is 4.79 Å². The number of carboxylic acid groups (broad SMARTS) is 1. The predicted molar refractivity (Wildman–Crippen MR) is 120 cm³/mol. The van der Waals surface area contributed by atoms with Gasteiger partial charge in [0.25, 0.3) is 5.91 Å². The van der Waals surface area contributed by atoms with Gasteiger partial charge in [-0.15, -0.1) is 0 Å². The van der Waals surface area contributed by atoms with Crippen LogP contribution in [0.15, 0.2) is 84.9 Å². The van der Waals surface area contributed by atoms with E-state index in [0.29, 0.717) is 5.56 Å². The minimum absolute atomic E-state index is 0.177. The van der Waals surface area contributed by atoms with E-state index >= 15 is 0 Å². The Bertz CT molecular complexity index is 1040. The molecule has 0 aliphatic rings. The number of nitrogens with zero attached hydrogens (tertiary/aromatic N) is 1. The summed E-state index contributed by atoms with van der Waals surface area (Å²) in [7, 11) is 3.95. The first-order valence-corrected chi connectivity index (χ1v) is 9.58. The number of rotatable bonds is 7. The largest absolute Gasteiger partial charge is 0.478 e. The molecule has 0 radical (unpaired) electrons. The van der Waals surface area contributed by atoms with E-state index in [4.69, 9.17) is 5.11 Å². The number of hydrogen-bond donors (Lipinski definition) is 2. The first-order chi connectivity index (χ1) is 14.4. The van der Waals surface area contributed by atoms with Gasteiger partial charge in [0.2, 0.25) is 0 Å². The van der Waals surface area contributed by atoms with E-state index in [2.05, 4.69) is 5.32 Å². The molecule has 3 aromatic rings. The smallest absolute Gasteiger partial charge is 0.328 e. The van der Waals surface area contributed by atoms with Crippen LogP contribution in [0.5, 0.6) is 0 Å². The number of aliphatic carboxylic acids is 1. The van der Waals surface area contributed by atoms with Crippen LogP contribution in [0.25, 0.3) is 6.08 Å². The Morgan fingerprint density at radius 3 is 2.23 bits per heavy atom. The number of carbonyl (C=O) groups excluding carboxylic acids is 1. The fourth-order valence-corrected chi connectivity index (χ4v) is 3.14. The molecule has 0 aliphatic carbocycles. The van der Waals surface area contributed by atoms with Gasteiger partial charge in [-0.2, -0.15) is 0 Å². The van der Waals surface area contributed by atoms with Crippen LogP contribution in [0, 0.1) is 0 Å². The summed E-state index contributed by atoms with van der Waals surface area (Å²) in [6.45, 7) is 0. The first kappa shape index (κ1) is 20.9. The fourth-order valence-electron chi connectivity index (χ4n) is 3.14. The van der Waals surface area contributed by atoms with Gasteiger partial charge < -0.3 is 15.3 Å². The summed E-state index contributed by atoms with van der Waals surface area (Å²) >= 11 is 0. The number of hydrogen-bond acceptors (Lipinski definition) is 3. The lowest BCUT2D eigenvalue weighted by atomic mass is 9.96. The highest BCUT2D eigenvalue weighted by atomic mass is 16.4. The monoisotopic (exact) mass is 400 g/mol. The summed E-state index contributed by atoms with van der Waals surface area (Å²) in [5, 5.41) is 12.0. The van der Waals surface area contributed by atoms with Crippen molar-refractivity contribution < 1.29 is 14.7 Å². The van der Waals surface area contributed by atoms with Crippen LogP contribution in [-0.2, 0) is 4.79 Å². The average Bonchev–Trinajstić information content (AvgIpc) is 2.76. The highest BCUT2D eigenvalue weighted by molar-refractivity contribution is 5.94. The molecule has 0 aromatic heterocycles. The van der Waals surface area contributed by atoms with Crippen molar-refractivity contribution in [2.24, 2.45) is 0 Å². The molecule has 2 N–H and O–H groups in total. The maximum Gasteiger partial charge on any atom is 0.328 e. The van der Waals surface area contributed by atoms with E-state index in [-0.39, 0.29) is 11.9 Å². The molecular formula is C25H24N2O3. The molecule has 5 nitrogen and oxygen atoms in total. The molecule has 0 aliphatic heterocycles. The number of anilines is 1. The molecule has 5 heteroatoms. The van der Waals surface area contributed by atoms with Crippen molar-refractivity contribution in [1.82, 2.24) is 5.32 Å². The molecule has 0 bridgehead atoms. The third kappa shape index (κ3) is 5.35. The first-order valence-electron chi connectivity index (χ1n) is 9.58. The second-order valence-electron chi connectivity index (χ2n) is 7.10. The van der Waals surface area contributed by atoms with Gasteiger partial charge in [-0.1, -0.05) is 48.5 Å². The lowest BCUT2D eigenvalue weighted by Crippen LogP contribution is -2.29. The number of carboxylic acids is 1. The van der Waals surface area contributed by atoms with Gasteiger partial charge >= 0.3 is 5.97 Å². The van der Waals surface area contributed by atoms with Gasteiger partial charge in [0.1, 0.15) is 0 Å². The molecule has 152 valence electrons. The van der Waals surface area contributed by atoms with Crippen molar-refractivity contribution in [3.05, 3.63) is 107 Å². The topological polar surface area (TPSA) is 69.6 Å². The number of amides is 1. The maximum absolute atomic E-state index is 12.9. The third-order valence-corrected chi connectivity index (χ3v) is 4.72. The van der Waals surface area contributed by atoms with Crippen molar-refractivity contribution in [3.63, 3.8) is 0 Å². The van der Waals surface area contributed by atoms with Crippen LogP contribution in [-0.4, -0.2) is 31.1 Å². The van der Waals surface area contributed by atoms with E-state index in [9.17, 15) is 9.59 Å². The summed E-state index contributed by atoms with van der Waals surface area (Å²) in [5.74, 6) is -1.18. The molecule has 0 saturated heterocycles. The van der Waals surface area contributed by atoms with Crippen LogP contribution in [0.3, 0.4) is 0 Å². The van der Waals surface area contributed by atoms with E-state index < -0.39 is 5.97 Å². The summed E-state index contributed by atoms with van der Waals surface area (Å²) < 4.78 is 0. The normalized spacial score (nSPS) is 11.8. The fraction of sp³-hybridized carbons (Fsp3) is 0.120. The molecule has 1 unspecified atom stereocenters. The molecule has 0 heterocycles. The summed E-state index contributed by atoms with van der Waals surface area (Å²) in [6, 6.07) is 24.2. The number of nitrogens with one attached hydrogen (secondary N) is 1. The average molecular weight is 400 g/mol. The Morgan fingerprint density at radius 1 is 0.900 bits per heavy atom. The summed E-state index contributed by atoms with van der Waals surface area (Å²) in [6.07, 6.45) is 2.64. The molecule has 30 heavy (non-hydrogen) atoms. The molecule has 0 saturated carbocycles. The molecule has 0 spiro atoms. The second kappa shape index (κ2) is 9.56. The quantitative estimate of drug-likeness (QED) is 0.578. The van der Waals surface area contributed by atoms with E-state index in [1.807, 2.05) is 85.7 Å². The van der Waals surface area contributed by atoms with Crippen LogP contribution in [0.1, 0.15) is 33.1 Å². The van der Waals surface area contributed by atoms with E-state index in [0.717, 1.165) is 28.5 Å². The molecule has 1 amide bonds. The standard InChI is InChI=1S/C25H24N2O3/c1-27(2)22-14-12-19(13-15-22)24(26-25(30)20-8-4-3-5-9-20)21-10-6-7-18(17-21)11-16-23(28)29/h3-17,24H,1-2H3,(H,26,30)(H,28,29)/b16-11+. The van der Waals surface area contributed by atoms with Crippen LogP contribution < -0.4 is 10.2 Å². The van der Waals surface area contributed by atoms with Crippen molar-refractivity contribution in [1.29, 1.82) is 0 Å². The molecule has 3 aromatic carbocycles. The van der Waals surface area contributed by atoms with Crippen molar-refractivity contribution in [2.45, 2.75) is 6.04 Å². The molecule has 0 fully saturated rings. The molecule has 3 rings (SSSR count). The Morgan fingerprint density at radius 2 is 1.60 bits per heavy atom. The SMILES string of the molecule is CN(C)c1ccc(C(NC(=O)c2ccccc2)c2cccc(/C=C/C(=O)O)c2)cc1. The minimum atomic E-state index is -1.01.